The SMILES string of the molecule is CCOC(=O)CN(C(=O)C(F)F)C1CC1. The van der Waals surface area contributed by atoms with Gasteiger partial charge in [0.1, 0.15) is 6.54 Å². The molecule has 0 atom stereocenters. The van der Waals surface area contributed by atoms with Crippen LogP contribution in [0, 0.1) is 0 Å². The Morgan fingerprint density at radius 1 is 1.47 bits per heavy atom. The highest BCUT2D eigenvalue weighted by Gasteiger charge is 2.37. The van der Waals surface area contributed by atoms with Crippen LogP contribution in [0.4, 0.5) is 8.78 Å². The van der Waals surface area contributed by atoms with Crippen LogP contribution in [0.5, 0.6) is 0 Å². The van der Waals surface area contributed by atoms with Gasteiger partial charge in [0.15, 0.2) is 0 Å². The normalized spacial score (nSPS) is 15.2. The zero-order chi connectivity index (χ0) is 11.4. The fraction of sp³-hybridized carbons (Fsp3) is 0.778. The smallest absolute Gasteiger partial charge is 0.325 e. The molecule has 0 saturated heterocycles. The van der Waals surface area contributed by atoms with Crippen LogP contribution in [0.1, 0.15) is 19.8 Å². The van der Waals surface area contributed by atoms with Gasteiger partial charge in [-0.25, -0.2) is 0 Å². The molecule has 0 N–H and O–H groups in total. The lowest BCUT2D eigenvalue weighted by Crippen LogP contribution is -2.41. The Bertz CT molecular complexity index is 254. The van der Waals surface area contributed by atoms with E-state index in [9.17, 15) is 18.4 Å². The molecule has 0 aromatic heterocycles. The minimum absolute atomic E-state index is 0.181. The predicted octanol–water partition coefficient (Wildman–Crippen LogP) is 0.806. The van der Waals surface area contributed by atoms with Crippen LogP contribution >= 0.6 is 0 Å². The molecule has 1 aliphatic carbocycles. The standard InChI is InChI=1S/C9H13F2NO3/c1-2-15-7(13)5-12(6-3-4-6)9(14)8(10)11/h6,8H,2-5H2,1H3. The monoisotopic (exact) mass is 221 g/mol. The highest BCUT2D eigenvalue weighted by atomic mass is 19.3. The number of carbonyl (C=O) groups is 2. The summed E-state index contributed by atoms with van der Waals surface area (Å²) in [7, 11) is 0. The first-order chi connectivity index (χ1) is 7.06. The number of alkyl halides is 2. The van der Waals surface area contributed by atoms with Crippen molar-refractivity contribution in [3.05, 3.63) is 0 Å². The van der Waals surface area contributed by atoms with Crippen LogP contribution < -0.4 is 0 Å². The molecule has 0 bridgehead atoms. The molecule has 0 aromatic rings. The van der Waals surface area contributed by atoms with Crippen molar-refractivity contribution in [2.75, 3.05) is 13.2 Å². The molecule has 0 aliphatic heterocycles. The molecule has 0 aromatic carbocycles. The van der Waals surface area contributed by atoms with Crippen molar-refractivity contribution in [3.8, 4) is 0 Å². The second-order valence-electron chi connectivity index (χ2n) is 3.30. The number of halogens is 2. The summed E-state index contributed by atoms with van der Waals surface area (Å²) >= 11 is 0. The van der Waals surface area contributed by atoms with Gasteiger partial charge in [0.25, 0.3) is 5.91 Å². The summed E-state index contributed by atoms with van der Waals surface area (Å²) < 4.78 is 28.9. The molecular formula is C9H13F2NO3. The van der Waals surface area contributed by atoms with Crippen LogP contribution in [0.2, 0.25) is 0 Å². The van der Waals surface area contributed by atoms with Crippen LogP contribution in [-0.4, -0.2) is 42.4 Å². The lowest BCUT2D eigenvalue weighted by molar-refractivity contribution is -0.153. The molecule has 1 amide bonds. The van der Waals surface area contributed by atoms with Crippen LogP contribution in [0.15, 0.2) is 0 Å². The van der Waals surface area contributed by atoms with E-state index < -0.39 is 18.3 Å². The first kappa shape index (κ1) is 11.9. The topological polar surface area (TPSA) is 46.6 Å². The maximum absolute atomic E-state index is 12.2. The Kier molecular flexibility index (Phi) is 3.99. The van der Waals surface area contributed by atoms with Gasteiger partial charge in [-0.1, -0.05) is 0 Å². The minimum Gasteiger partial charge on any atom is -0.465 e. The molecule has 4 nitrogen and oxygen atoms in total. The molecular weight excluding hydrogens is 208 g/mol. The van der Waals surface area contributed by atoms with Gasteiger partial charge in [-0.15, -0.1) is 0 Å². The summed E-state index contributed by atoms with van der Waals surface area (Å²) in [4.78, 5) is 23.0. The van der Waals surface area contributed by atoms with E-state index in [1.54, 1.807) is 6.92 Å². The second kappa shape index (κ2) is 5.04. The minimum atomic E-state index is -3.06. The summed E-state index contributed by atoms with van der Waals surface area (Å²) in [5.41, 5.74) is 0. The van der Waals surface area contributed by atoms with E-state index in [0.717, 1.165) is 4.90 Å². The lowest BCUT2D eigenvalue weighted by Gasteiger charge is -2.20. The fourth-order valence-corrected chi connectivity index (χ4v) is 1.24. The molecule has 0 spiro atoms. The summed E-state index contributed by atoms with van der Waals surface area (Å²) in [6, 6.07) is -0.212. The van der Waals surface area contributed by atoms with Crippen molar-refractivity contribution in [2.45, 2.75) is 32.2 Å². The first-order valence-corrected chi connectivity index (χ1v) is 4.80. The third kappa shape index (κ3) is 3.45. The number of esters is 1. The van der Waals surface area contributed by atoms with Gasteiger partial charge >= 0.3 is 12.4 Å². The number of hydrogen-bond donors (Lipinski definition) is 0. The van der Waals surface area contributed by atoms with Crippen LogP contribution in [0.3, 0.4) is 0 Å². The number of ether oxygens (including phenoxy) is 1. The van der Waals surface area contributed by atoms with Crippen molar-refractivity contribution >= 4 is 11.9 Å². The maximum Gasteiger partial charge on any atom is 0.325 e. The molecule has 86 valence electrons. The zero-order valence-electron chi connectivity index (χ0n) is 8.41. The van der Waals surface area contributed by atoms with E-state index in [-0.39, 0.29) is 19.2 Å². The van der Waals surface area contributed by atoms with E-state index >= 15 is 0 Å². The number of rotatable bonds is 5. The highest BCUT2D eigenvalue weighted by molar-refractivity contribution is 5.84. The Morgan fingerprint density at radius 3 is 2.47 bits per heavy atom. The number of nitrogens with zero attached hydrogens (tertiary/aromatic N) is 1. The van der Waals surface area contributed by atoms with Crippen molar-refractivity contribution in [3.63, 3.8) is 0 Å². The van der Waals surface area contributed by atoms with Gasteiger partial charge in [0.05, 0.1) is 6.61 Å². The van der Waals surface area contributed by atoms with Gasteiger partial charge < -0.3 is 9.64 Å². The Hall–Kier alpha value is -1.20. The first-order valence-electron chi connectivity index (χ1n) is 4.80. The average Bonchev–Trinajstić information content (AvgIpc) is 2.96. The predicted molar refractivity (Wildman–Crippen MR) is 47.4 cm³/mol. The summed E-state index contributed by atoms with van der Waals surface area (Å²) in [6.07, 6.45) is -1.70. The van der Waals surface area contributed by atoms with E-state index in [1.165, 1.54) is 0 Å². The Morgan fingerprint density at radius 2 is 2.07 bits per heavy atom. The largest absolute Gasteiger partial charge is 0.465 e. The van der Waals surface area contributed by atoms with Crippen molar-refractivity contribution in [1.29, 1.82) is 0 Å². The molecule has 1 aliphatic rings. The van der Waals surface area contributed by atoms with Gasteiger partial charge in [-0.2, -0.15) is 8.78 Å². The van der Waals surface area contributed by atoms with E-state index in [2.05, 4.69) is 4.74 Å². The lowest BCUT2D eigenvalue weighted by atomic mass is 10.4. The van der Waals surface area contributed by atoms with Crippen molar-refractivity contribution in [2.24, 2.45) is 0 Å². The van der Waals surface area contributed by atoms with Crippen LogP contribution in [0.25, 0.3) is 0 Å². The Balaban J connectivity index is 2.51. The summed E-state index contributed by atoms with van der Waals surface area (Å²) in [5.74, 6) is -1.93. The van der Waals surface area contributed by atoms with E-state index in [1.807, 2.05) is 0 Å². The quantitative estimate of drug-likeness (QED) is 0.645. The average molecular weight is 221 g/mol. The molecule has 0 heterocycles. The molecule has 0 radical (unpaired) electrons. The zero-order valence-corrected chi connectivity index (χ0v) is 8.41. The molecule has 0 unspecified atom stereocenters. The van der Waals surface area contributed by atoms with E-state index in [4.69, 9.17) is 0 Å². The maximum atomic E-state index is 12.2. The van der Waals surface area contributed by atoms with Crippen LogP contribution in [-0.2, 0) is 14.3 Å². The molecule has 1 saturated carbocycles. The third-order valence-electron chi connectivity index (χ3n) is 2.06. The van der Waals surface area contributed by atoms with Gasteiger partial charge in [-0.3, -0.25) is 9.59 Å². The van der Waals surface area contributed by atoms with Crippen molar-refractivity contribution < 1.29 is 23.1 Å². The second-order valence-corrected chi connectivity index (χ2v) is 3.30. The van der Waals surface area contributed by atoms with Crippen molar-refractivity contribution in [1.82, 2.24) is 4.90 Å². The summed E-state index contributed by atoms with van der Waals surface area (Å²) in [6.45, 7) is 1.43. The van der Waals surface area contributed by atoms with Gasteiger partial charge in [0.2, 0.25) is 0 Å². The van der Waals surface area contributed by atoms with E-state index in [0.29, 0.717) is 12.8 Å². The third-order valence-corrected chi connectivity index (χ3v) is 2.06. The molecule has 6 heteroatoms. The molecule has 1 rings (SSSR count). The van der Waals surface area contributed by atoms with Gasteiger partial charge in [-0.05, 0) is 19.8 Å². The number of amides is 1. The summed E-state index contributed by atoms with van der Waals surface area (Å²) in [5, 5.41) is 0. The fourth-order valence-electron chi connectivity index (χ4n) is 1.24. The molecule has 15 heavy (non-hydrogen) atoms. The molecule has 1 fully saturated rings. The number of carbonyl (C=O) groups excluding carboxylic acids is 2. The highest BCUT2D eigenvalue weighted by Crippen LogP contribution is 2.27. The number of hydrogen-bond acceptors (Lipinski definition) is 3. The Labute approximate surface area is 86.2 Å². The van der Waals surface area contributed by atoms with Gasteiger partial charge in [0, 0.05) is 6.04 Å².